The molecule has 0 fully saturated rings. The fourth-order valence-electron chi connectivity index (χ4n) is 10.9. The first-order chi connectivity index (χ1) is 45.9. The summed E-state index contributed by atoms with van der Waals surface area (Å²) >= 11 is 0. The number of nitrogens with zero attached hydrogens (tertiary/aromatic N) is 9. The highest BCUT2D eigenvalue weighted by molar-refractivity contribution is 5.87. The number of carbonyl (C=O) groups excluding carboxylic acids is 2. The Bertz CT molecular complexity index is 4570. The summed E-state index contributed by atoms with van der Waals surface area (Å²) < 4.78 is 129. The molecule has 2 atom stereocenters. The molecule has 11 rings (SSSR count). The second kappa shape index (κ2) is 29.2. The van der Waals surface area contributed by atoms with Crippen LogP contribution in [-0.4, -0.2) is 88.6 Å². The van der Waals surface area contributed by atoms with Crippen molar-refractivity contribution in [1.82, 2.24) is 44.2 Å². The van der Waals surface area contributed by atoms with E-state index in [0.29, 0.717) is 88.4 Å². The first kappa shape index (κ1) is 68.0. The van der Waals surface area contributed by atoms with Gasteiger partial charge in [-0.3, -0.25) is 38.5 Å². The molecule has 1 aliphatic heterocycles. The van der Waals surface area contributed by atoms with Crippen LogP contribution in [0.1, 0.15) is 91.7 Å². The minimum Gasteiger partial charge on any atom is -0.494 e. The minimum atomic E-state index is -5.00. The van der Waals surface area contributed by atoms with Gasteiger partial charge in [-0.15, -0.1) is 0 Å². The summed E-state index contributed by atoms with van der Waals surface area (Å²) in [6, 6.07) is 38.0. The van der Waals surface area contributed by atoms with Crippen molar-refractivity contribution >= 4 is 39.6 Å². The van der Waals surface area contributed by atoms with Gasteiger partial charge in [0.1, 0.15) is 58.3 Å². The highest BCUT2D eigenvalue weighted by atomic mass is 19.4. The van der Waals surface area contributed by atoms with E-state index in [4.69, 9.17) is 29.2 Å². The van der Waals surface area contributed by atoms with Crippen LogP contribution >= 0.6 is 0 Å². The third-order valence-corrected chi connectivity index (χ3v) is 15.2. The van der Waals surface area contributed by atoms with Crippen LogP contribution in [0.25, 0.3) is 33.2 Å². The van der Waals surface area contributed by atoms with Crippen LogP contribution in [-0.2, 0) is 47.8 Å². The average Bonchev–Trinajstić information content (AvgIpc) is 1.14. The number of benzene rings is 6. The Morgan fingerprint density at radius 3 is 1.69 bits per heavy atom. The molecule has 25 heteroatoms. The zero-order valence-corrected chi connectivity index (χ0v) is 52.5. The largest absolute Gasteiger partial charge is 0.494 e. The van der Waals surface area contributed by atoms with E-state index in [1.807, 2.05) is 24.8 Å². The molecule has 4 aromatic heterocycles. The number of pyridine rings is 2. The minimum absolute atomic E-state index is 0.0149. The Kier molecular flexibility index (Phi) is 20.7. The second-order valence-corrected chi connectivity index (χ2v) is 23.1. The van der Waals surface area contributed by atoms with Crippen molar-refractivity contribution < 1.29 is 58.9 Å². The van der Waals surface area contributed by atoms with Gasteiger partial charge in [0.25, 0.3) is 11.1 Å². The lowest BCUT2D eigenvalue weighted by atomic mass is 10.0. The molecule has 10 aromatic rings. The Morgan fingerprint density at radius 1 is 0.625 bits per heavy atom. The maximum absolute atomic E-state index is 14.4. The van der Waals surface area contributed by atoms with Gasteiger partial charge < -0.3 is 29.3 Å². The molecule has 0 saturated carbocycles. The fourth-order valence-corrected chi connectivity index (χ4v) is 10.9. The van der Waals surface area contributed by atoms with Crippen molar-refractivity contribution in [3.05, 3.63) is 260 Å². The van der Waals surface area contributed by atoms with E-state index in [9.17, 15) is 54.3 Å². The van der Waals surface area contributed by atoms with E-state index < -0.39 is 76.8 Å². The number of alkyl halides is 6. The van der Waals surface area contributed by atoms with Crippen molar-refractivity contribution in [3.8, 4) is 22.9 Å². The molecule has 5 heterocycles. The van der Waals surface area contributed by atoms with Crippen molar-refractivity contribution in [2.24, 2.45) is 4.99 Å². The molecule has 96 heavy (non-hydrogen) atoms. The predicted octanol–water partition coefficient (Wildman–Crippen LogP) is 13.7. The maximum Gasteiger partial charge on any atom is 0.419 e. The van der Waals surface area contributed by atoms with Crippen LogP contribution in [0, 0.1) is 11.6 Å². The number of hydrogen-bond acceptors (Lipinski definition) is 13. The normalized spacial score (nSPS) is 13.6. The highest BCUT2D eigenvalue weighted by Gasteiger charge is 2.39. The summed E-state index contributed by atoms with van der Waals surface area (Å²) in [5, 5.41) is 3.40. The number of carbonyl (C=O) groups is 2. The molecular weight excluding hydrogens is 1260 g/mol. The van der Waals surface area contributed by atoms with Gasteiger partial charge in [0.15, 0.2) is 0 Å². The van der Waals surface area contributed by atoms with Gasteiger partial charge in [-0.2, -0.15) is 26.3 Å². The third kappa shape index (κ3) is 16.2. The molecule has 0 radical (unpaired) electrons. The van der Waals surface area contributed by atoms with E-state index in [2.05, 4.69) is 15.3 Å². The first-order valence-corrected chi connectivity index (χ1v) is 30.4. The Balaban J connectivity index is 0.000000211. The van der Waals surface area contributed by atoms with Crippen LogP contribution in [0.2, 0.25) is 0 Å². The number of fused-ring (bicyclic) bond motifs is 2. The number of alkyl carbamates (subject to hydrolysis) is 1. The van der Waals surface area contributed by atoms with E-state index in [0.717, 1.165) is 23.8 Å². The van der Waals surface area contributed by atoms with Gasteiger partial charge in [0, 0.05) is 50.8 Å². The lowest BCUT2D eigenvalue weighted by molar-refractivity contribution is -0.141. The summed E-state index contributed by atoms with van der Waals surface area (Å²) in [5.74, 6) is -1.37. The zero-order valence-electron chi connectivity index (χ0n) is 52.5. The van der Waals surface area contributed by atoms with Crippen LogP contribution in [0.15, 0.2) is 197 Å². The Morgan fingerprint density at radius 2 is 1.15 bits per heavy atom. The van der Waals surface area contributed by atoms with Crippen LogP contribution in [0.5, 0.6) is 11.5 Å². The van der Waals surface area contributed by atoms with Crippen molar-refractivity contribution in [1.29, 1.82) is 0 Å². The molecule has 1 aliphatic rings. The van der Waals surface area contributed by atoms with E-state index in [1.54, 1.807) is 153 Å². The van der Waals surface area contributed by atoms with Gasteiger partial charge in [-0.25, -0.2) is 23.5 Å². The molecular formula is C71H64F8N10O7. The number of nitrogens with one attached hydrogen (secondary N) is 1. The monoisotopic (exact) mass is 1320 g/mol. The number of aliphatic imine (C=N–C) groups is 1. The summed E-state index contributed by atoms with van der Waals surface area (Å²) in [4.78, 5) is 81.9. The fraction of sp³-hybridized carbons (Fsp3) is 0.254. The van der Waals surface area contributed by atoms with E-state index >= 15 is 0 Å². The van der Waals surface area contributed by atoms with Gasteiger partial charge in [0.05, 0.1) is 70.5 Å². The lowest BCUT2D eigenvalue weighted by Gasteiger charge is -2.33. The number of amidine groups is 1. The standard InChI is InChI=1S/C38H37F4N5O5.C33H27F4N5O2/c1-5-51-27-15-13-26(14-16-27)47-34(45-31-11-7-6-10-28(31)35(47)49)32(22-44-36(50)52-37(2,3)4)46(23-25-9-8-18-43-21-25)33(48)20-24-12-17-30(39)29(19-24)38(40,41)42;1-2-44-24-12-10-23(11-13-24)42-31(40-28-8-4-3-7-25(28)32(42)43)29-19-39-30(41(29)20-22-6-5-15-38-18-22)17-21-9-14-27(34)26(16-21)33(35,36)37/h6-19,21,32H,5,20,22-23H2,1-4H3,(H,44,50);3-16,18,29H,2,17,19-20H2,1H3/t;29-/m.1/s1. The Hall–Kier alpha value is -10.9. The molecule has 0 saturated heterocycles. The molecule has 1 N–H and O–H groups in total. The van der Waals surface area contributed by atoms with E-state index in [1.165, 1.54) is 27.9 Å². The summed E-state index contributed by atoms with van der Waals surface area (Å²) in [6.07, 6.45) is -4.86. The smallest absolute Gasteiger partial charge is 0.419 e. The number of para-hydroxylation sites is 2. The number of aromatic nitrogens is 6. The summed E-state index contributed by atoms with van der Waals surface area (Å²) in [5.41, 5.74) is -1.20. The number of halogens is 8. The molecule has 17 nitrogen and oxygen atoms in total. The molecule has 6 aromatic carbocycles. The topological polar surface area (TPSA) is 188 Å². The quantitative estimate of drug-likeness (QED) is 0.0756. The van der Waals surface area contributed by atoms with Crippen LogP contribution in [0.3, 0.4) is 0 Å². The van der Waals surface area contributed by atoms with Gasteiger partial charge in [-0.05, 0) is 166 Å². The van der Waals surface area contributed by atoms with Gasteiger partial charge in [0.2, 0.25) is 5.91 Å². The molecule has 0 spiro atoms. The van der Waals surface area contributed by atoms with Crippen LogP contribution < -0.4 is 25.9 Å². The SMILES string of the molecule is CCOc1ccc(-n2c(C(CNC(=O)OC(C)(C)C)N(Cc3cccnc3)C(=O)Cc3ccc(F)c(C(F)(F)F)c3)nc3ccccc3c2=O)cc1.CCOc1ccc(-n2c([C@H]3CN=C(Cc4ccc(F)c(C(F)(F)F)c4)N3Cc3cccnc3)nc3ccccc3c2=O)cc1. The van der Waals surface area contributed by atoms with Crippen molar-refractivity contribution in [2.45, 2.75) is 90.6 Å². The van der Waals surface area contributed by atoms with Crippen molar-refractivity contribution in [2.75, 3.05) is 26.3 Å². The molecule has 0 aliphatic carbocycles. The number of hydrogen-bond donors (Lipinski definition) is 1. The van der Waals surface area contributed by atoms with Crippen molar-refractivity contribution in [3.63, 3.8) is 0 Å². The third-order valence-electron chi connectivity index (χ3n) is 15.2. The predicted molar refractivity (Wildman–Crippen MR) is 344 cm³/mol. The molecule has 0 bridgehead atoms. The van der Waals surface area contributed by atoms with E-state index in [-0.39, 0.29) is 54.0 Å². The van der Waals surface area contributed by atoms with Gasteiger partial charge >= 0.3 is 18.4 Å². The zero-order chi connectivity index (χ0) is 68.5. The van der Waals surface area contributed by atoms with Crippen LogP contribution in [0.4, 0.5) is 39.9 Å². The average molecular weight is 1320 g/mol. The highest BCUT2D eigenvalue weighted by Crippen LogP contribution is 2.36. The molecule has 1 unspecified atom stereocenters. The Labute approximate surface area is 545 Å². The number of amides is 2. The number of ether oxygens (including phenoxy) is 3. The first-order valence-electron chi connectivity index (χ1n) is 30.4. The second-order valence-electron chi connectivity index (χ2n) is 23.1. The van der Waals surface area contributed by atoms with Gasteiger partial charge in [-0.1, -0.05) is 48.5 Å². The lowest BCUT2D eigenvalue weighted by Crippen LogP contribution is -2.45. The molecule has 496 valence electrons. The maximum atomic E-state index is 14.4. The number of rotatable bonds is 19. The summed E-state index contributed by atoms with van der Waals surface area (Å²) in [6.45, 7) is 9.65. The summed E-state index contributed by atoms with van der Waals surface area (Å²) in [7, 11) is 0. The molecule has 2 amide bonds.